The second kappa shape index (κ2) is 15.7. The van der Waals surface area contributed by atoms with Crippen LogP contribution >= 0.6 is 23.5 Å². The van der Waals surface area contributed by atoms with Gasteiger partial charge in [-0.15, -0.1) is 0 Å². The molecule has 0 heterocycles. The van der Waals surface area contributed by atoms with Crippen LogP contribution < -0.4 is 29.4 Å². The standard InChI is InChI=1S/Al.AsH3.In.3H3O4P/c;;;3*1-5(2,3)4/h;1H3;;3*(H3,1,2,3,4)/q+3;;+3;;;/p-6. The molecule has 3 N–H and O–H groups in total. The van der Waals surface area contributed by atoms with E-state index in [2.05, 4.69) is 0 Å². The minimum absolute atomic E-state index is 0. The first-order valence-electron chi connectivity index (χ1n) is 2.24. The molecule has 0 aromatic rings. The number of hydrogen-bond acceptors (Lipinski definition) is 9. The van der Waals surface area contributed by atoms with Gasteiger partial charge in [-0.1, -0.05) is 0 Å². The van der Waals surface area contributed by atoms with Crippen molar-refractivity contribution >= 4 is 84.6 Å². The molecule has 104 valence electrons. The summed E-state index contributed by atoms with van der Waals surface area (Å²) in [6.45, 7) is 0. The van der Waals surface area contributed by atoms with Crippen LogP contribution in [-0.4, -0.2) is 75.8 Å². The molecule has 0 aliphatic rings. The molecule has 0 aromatic heterocycles. The van der Waals surface area contributed by atoms with E-state index in [4.69, 9.17) is 57.7 Å². The van der Waals surface area contributed by atoms with E-state index >= 15 is 0 Å². The van der Waals surface area contributed by atoms with Crippen molar-refractivity contribution < 1.29 is 57.7 Å². The van der Waals surface area contributed by atoms with Crippen molar-refractivity contribution in [1.82, 2.24) is 0 Å². The Morgan fingerprint density at radius 2 is 0.667 bits per heavy atom. The predicted octanol–water partition coefficient (Wildman–Crippen LogP) is -8.52. The quantitative estimate of drug-likeness (QED) is 0.204. The van der Waals surface area contributed by atoms with Gasteiger partial charge in [0.2, 0.25) is 0 Å². The molecule has 0 spiro atoms. The third-order valence-corrected chi connectivity index (χ3v) is 0. The summed E-state index contributed by atoms with van der Waals surface area (Å²) in [4.78, 5) is 72.9. The Bertz CT molecular complexity index is 213. The summed E-state index contributed by atoms with van der Waals surface area (Å²) in [7, 11) is -15.4. The maximum absolute atomic E-state index is 8.88. The van der Waals surface area contributed by atoms with E-state index in [1.807, 2.05) is 0 Å². The summed E-state index contributed by atoms with van der Waals surface area (Å²) in [5.41, 5.74) is 0. The van der Waals surface area contributed by atoms with Gasteiger partial charge in [-0.2, -0.15) is 15.6 Å². The first kappa shape index (κ1) is 37.0. The number of hydrogen-bond donors (Lipinski definition) is 3. The third kappa shape index (κ3) is 1040. The van der Waals surface area contributed by atoms with Crippen molar-refractivity contribution in [2.75, 3.05) is 0 Å². The van der Waals surface area contributed by atoms with E-state index in [-0.39, 0.29) is 61.2 Å². The molecule has 12 nitrogen and oxygen atoms in total. The zero-order chi connectivity index (χ0) is 13.5. The van der Waals surface area contributed by atoms with Crippen LogP contribution in [-0.2, 0) is 13.7 Å². The molecule has 1 atom stereocenters. The smallest absolute Gasteiger partial charge is 3.00 e. The second-order valence-electron chi connectivity index (χ2n) is 1.41. The Morgan fingerprint density at radius 3 is 0.667 bits per heavy atom. The molecule has 0 aromatic carbocycles. The predicted molar refractivity (Wildman–Crippen MR) is 50.9 cm³/mol. The Kier molecular flexibility index (Phi) is 32.2. The van der Waals surface area contributed by atoms with E-state index < -0.39 is 23.5 Å². The molecule has 0 rings (SSSR count). The summed E-state index contributed by atoms with van der Waals surface area (Å²) in [6, 6.07) is 0. The van der Waals surface area contributed by atoms with Crippen molar-refractivity contribution in [2.45, 2.75) is 0 Å². The molecule has 0 saturated carbocycles. The van der Waals surface area contributed by atoms with Crippen molar-refractivity contribution in [2.24, 2.45) is 0 Å². The summed E-state index contributed by atoms with van der Waals surface area (Å²) < 4.78 is 26.0. The zero-order valence-electron chi connectivity index (χ0n) is 8.22. The van der Waals surface area contributed by atoms with Crippen LogP contribution in [0.1, 0.15) is 0 Å². The molecule has 0 aliphatic carbocycles. The summed E-state index contributed by atoms with van der Waals surface area (Å²) in [5, 5.41) is 0. The molecule has 18 heavy (non-hydrogen) atoms. The topological polar surface area (TPSA) is 250 Å². The van der Waals surface area contributed by atoms with Crippen LogP contribution in [0, 0.1) is 0 Å². The van der Waals surface area contributed by atoms with E-state index in [1.165, 1.54) is 0 Å². The van der Waals surface area contributed by atoms with Crippen LogP contribution in [0.3, 0.4) is 0 Å². The maximum atomic E-state index is 8.88. The fourth-order valence-electron chi connectivity index (χ4n) is 0. The number of rotatable bonds is 0. The third-order valence-electron chi connectivity index (χ3n) is 0. The average molecular weight is 508 g/mol. The second-order valence-corrected chi connectivity index (χ2v) is 4.22. The van der Waals surface area contributed by atoms with Gasteiger partial charge in [0.05, 0.1) is 0 Å². The molecular formula is H6AlAsInO12P3. The maximum Gasteiger partial charge on any atom is 3.00 e. The Balaban J connectivity index is -0.0000000277. The fourth-order valence-corrected chi connectivity index (χ4v) is 0. The van der Waals surface area contributed by atoms with E-state index in [9.17, 15) is 0 Å². The van der Waals surface area contributed by atoms with Gasteiger partial charge in [-0.3, -0.25) is 0 Å². The van der Waals surface area contributed by atoms with Crippen LogP contribution in [0.5, 0.6) is 0 Å². The van der Waals surface area contributed by atoms with Gasteiger partial charge in [-0.25, -0.2) is 4.57 Å². The van der Waals surface area contributed by atoms with Crippen LogP contribution in [0.25, 0.3) is 0 Å². The van der Waals surface area contributed by atoms with E-state index in [1.54, 1.807) is 0 Å². The summed E-state index contributed by atoms with van der Waals surface area (Å²) >= 11 is 0. The molecule has 0 saturated heterocycles. The monoisotopic (exact) mass is 508 g/mol. The SMILES string of the molecule is O=P(O)(O)O.O=P([O-])([O-])[O-].O=P([O-])([O-])[O-].[Al+3].[AsH3].[In+3]. The molecule has 18 heteroatoms. The Morgan fingerprint density at radius 1 is 0.667 bits per heavy atom. The van der Waals surface area contributed by atoms with Crippen molar-refractivity contribution in [3.05, 3.63) is 0 Å². The Hall–Kier alpha value is 2.29. The van der Waals surface area contributed by atoms with E-state index in [0.717, 1.165) is 0 Å². The molecule has 1 unspecified atom stereocenters. The summed E-state index contributed by atoms with van der Waals surface area (Å²) in [5.74, 6) is 0. The summed E-state index contributed by atoms with van der Waals surface area (Å²) in [6.07, 6.45) is 0. The minimum atomic E-state index is -5.39. The zero-order valence-corrected chi connectivity index (χ0v) is 18.3. The van der Waals surface area contributed by atoms with Gasteiger partial charge in [0, 0.05) is 0 Å². The van der Waals surface area contributed by atoms with Gasteiger partial charge >= 0.3 is 69.0 Å². The van der Waals surface area contributed by atoms with Crippen LogP contribution in [0.15, 0.2) is 0 Å². The Labute approximate surface area is 141 Å². The first-order valence-corrected chi connectivity index (χ1v) is 6.73. The molecule has 0 bridgehead atoms. The van der Waals surface area contributed by atoms with Gasteiger partial charge < -0.3 is 53.2 Å². The van der Waals surface area contributed by atoms with Gasteiger partial charge in [0.1, 0.15) is 0 Å². The molecular weight excluding hydrogens is 502 g/mol. The van der Waals surface area contributed by atoms with Gasteiger partial charge in [-0.05, 0) is 0 Å². The van der Waals surface area contributed by atoms with Crippen LogP contribution in [0.2, 0.25) is 0 Å². The van der Waals surface area contributed by atoms with Crippen LogP contribution in [0.4, 0.5) is 0 Å². The largest absolute Gasteiger partial charge is 3.00 e. The van der Waals surface area contributed by atoms with Gasteiger partial charge in [0.25, 0.3) is 0 Å². The van der Waals surface area contributed by atoms with Crippen molar-refractivity contribution in [3.8, 4) is 0 Å². The first-order chi connectivity index (χ1) is 6.00. The fraction of sp³-hybridized carbons (Fsp3) is 0. The average Bonchev–Trinajstić information content (AvgIpc) is 1.41. The molecule has 0 radical (unpaired) electrons. The molecule has 0 aliphatic heterocycles. The van der Waals surface area contributed by atoms with E-state index in [0.29, 0.717) is 0 Å². The van der Waals surface area contributed by atoms with Gasteiger partial charge in [0.15, 0.2) is 0 Å². The minimum Gasteiger partial charge on any atom is 3.00 e. The number of phosphoric acid groups is 3. The molecule has 0 fully saturated rings. The molecule has 0 amide bonds. The normalized spacial score (nSPS) is 9.83. The van der Waals surface area contributed by atoms with Crippen molar-refractivity contribution in [1.29, 1.82) is 0 Å². The van der Waals surface area contributed by atoms with Crippen molar-refractivity contribution in [3.63, 3.8) is 0 Å².